The maximum atomic E-state index is 5.31. The Morgan fingerprint density at radius 2 is 2.19 bits per heavy atom. The van der Waals surface area contributed by atoms with Gasteiger partial charge in [-0.15, -0.1) is 23.1 Å². The highest BCUT2D eigenvalue weighted by Gasteiger charge is 2.04. The highest BCUT2D eigenvalue weighted by Crippen LogP contribution is 2.33. The number of halogens is 1. The molecule has 0 aliphatic rings. The normalized spacial score (nSPS) is 10.4. The minimum absolute atomic E-state index is 0.947. The highest BCUT2D eigenvalue weighted by molar-refractivity contribution is 9.10. The molecule has 0 N–H and O–H groups in total. The molecule has 0 saturated carbocycles. The number of thioether (sulfide) groups is 1. The quantitative estimate of drug-likeness (QED) is 0.749. The number of hydrogen-bond donors (Lipinski definition) is 0. The van der Waals surface area contributed by atoms with Gasteiger partial charge in [-0.05, 0) is 34.1 Å². The van der Waals surface area contributed by atoms with Crippen LogP contribution < -0.4 is 4.74 Å². The van der Waals surface area contributed by atoms with Crippen LogP contribution in [0.25, 0.3) is 0 Å². The predicted molar refractivity (Wildman–Crippen MR) is 74.6 cm³/mol. The van der Waals surface area contributed by atoms with E-state index in [4.69, 9.17) is 4.74 Å². The second-order valence-corrected chi connectivity index (χ2v) is 6.10. The summed E-state index contributed by atoms with van der Waals surface area (Å²) in [6.45, 7) is 0. The smallest absolute Gasteiger partial charge is 0.132 e. The first-order valence-electron chi connectivity index (χ1n) is 4.78. The zero-order valence-corrected chi connectivity index (χ0v) is 12.0. The molecule has 0 amide bonds. The Kier molecular flexibility index (Phi) is 4.32. The molecule has 4 heteroatoms. The number of hydrogen-bond acceptors (Lipinski definition) is 3. The predicted octanol–water partition coefficient (Wildman–Crippen LogP) is 4.81. The van der Waals surface area contributed by atoms with E-state index in [0.717, 1.165) is 16.0 Å². The van der Waals surface area contributed by atoms with Crippen LogP contribution in [-0.4, -0.2) is 7.11 Å². The van der Waals surface area contributed by atoms with Gasteiger partial charge >= 0.3 is 0 Å². The van der Waals surface area contributed by atoms with Crippen molar-refractivity contribution in [1.82, 2.24) is 0 Å². The molecule has 1 nitrogen and oxygen atoms in total. The van der Waals surface area contributed by atoms with Crippen molar-refractivity contribution in [3.63, 3.8) is 0 Å². The maximum absolute atomic E-state index is 5.31. The van der Waals surface area contributed by atoms with Crippen LogP contribution >= 0.6 is 39.0 Å². The number of thiophene rings is 1. The lowest BCUT2D eigenvalue weighted by atomic mass is 10.3. The van der Waals surface area contributed by atoms with E-state index in [1.54, 1.807) is 30.2 Å². The first-order valence-corrected chi connectivity index (χ1v) is 7.44. The van der Waals surface area contributed by atoms with Gasteiger partial charge in [-0.3, -0.25) is 0 Å². The summed E-state index contributed by atoms with van der Waals surface area (Å²) in [4.78, 5) is 2.55. The third kappa shape index (κ3) is 3.03. The van der Waals surface area contributed by atoms with Crippen LogP contribution in [0.4, 0.5) is 0 Å². The molecule has 0 spiro atoms. The summed E-state index contributed by atoms with van der Waals surface area (Å²) in [5, 5.41) is 2.11. The van der Waals surface area contributed by atoms with E-state index in [1.165, 1.54) is 9.77 Å². The zero-order chi connectivity index (χ0) is 11.4. The van der Waals surface area contributed by atoms with Crippen molar-refractivity contribution in [1.29, 1.82) is 0 Å². The Morgan fingerprint density at radius 1 is 1.38 bits per heavy atom. The number of methoxy groups -OCH3 is 1. The van der Waals surface area contributed by atoms with Crippen LogP contribution in [0.5, 0.6) is 5.75 Å². The molecule has 0 unspecified atom stereocenters. The average molecular weight is 315 g/mol. The van der Waals surface area contributed by atoms with Crippen molar-refractivity contribution in [2.75, 3.05) is 7.11 Å². The molecule has 0 atom stereocenters. The van der Waals surface area contributed by atoms with Crippen LogP contribution in [0.1, 0.15) is 4.88 Å². The van der Waals surface area contributed by atoms with Crippen LogP contribution in [0.2, 0.25) is 0 Å². The van der Waals surface area contributed by atoms with Gasteiger partial charge in [0.1, 0.15) is 5.75 Å². The van der Waals surface area contributed by atoms with Crippen LogP contribution in [-0.2, 0) is 5.75 Å². The fourth-order valence-corrected chi connectivity index (χ4v) is 3.85. The lowest BCUT2D eigenvalue weighted by Gasteiger charge is -2.06. The van der Waals surface area contributed by atoms with Crippen LogP contribution in [0.15, 0.2) is 45.1 Å². The Hall–Kier alpha value is -0.450. The van der Waals surface area contributed by atoms with Gasteiger partial charge in [-0.2, -0.15) is 0 Å². The number of para-hydroxylation sites is 1. The first kappa shape index (κ1) is 12.0. The standard InChI is InChI=1S/C12H11BrOS2/c1-14-11-4-2-3-5-12(11)16-8-10-6-9(13)7-15-10/h2-7H,8H2,1H3. The fraction of sp³-hybridized carbons (Fsp3) is 0.167. The van der Waals surface area contributed by atoms with Gasteiger partial charge < -0.3 is 4.74 Å². The maximum Gasteiger partial charge on any atom is 0.132 e. The molecule has 1 aromatic carbocycles. The molecule has 0 aliphatic heterocycles. The molecule has 2 aromatic rings. The van der Waals surface area contributed by atoms with Crippen molar-refractivity contribution in [3.05, 3.63) is 45.1 Å². The van der Waals surface area contributed by atoms with Crippen molar-refractivity contribution < 1.29 is 4.74 Å². The molecule has 16 heavy (non-hydrogen) atoms. The minimum Gasteiger partial charge on any atom is -0.496 e. The van der Waals surface area contributed by atoms with E-state index in [2.05, 4.69) is 33.4 Å². The fourth-order valence-electron chi connectivity index (χ4n) is 1.32. The molecule has 0 aliphatic carbocycles. The van der Waals surface area contributed by atoms with Gasteiger partial charge in [0.2, 0.25) is 0 Å². The summed E-state index contributed by atoms with van der Waals surface area (Å²) in [6, 6.07) is 10.3. The van der Waals surface area contributed by atoms with Gasteiger partial charge in [0.25, 0.3) is 0 Å². The van der Waals surface area contributed by atoms with E-state index >= 15 is 0 Å². The molecule has 0 radical (unpaired) electrons. The molecule has 84 valence electrons. The van der Waals surface area contributed by atoms with Crippen LogP contribution in [0.3, 0.4) is 0 Å². The summed E-state index contributed by atoms with van der Waals surface area (Å²) < 4.78 is 6.47. The lowest BCUT2D eigenvalue weighted by molar-refractivity contribution is 0.405. The molecule has 1 aromatic heterocycles. The summed E-state index contributed by atoms with van der Waals surface area (Å²) in [6.07, 6.45) is 0. The summed E-state index contributed by atoms with van der Waals surface area (Å²) in [7, 11) is 1.71. The lowest BCUT2D eigenvalue weighted by Crippen LogP contribution is -1.85. The van der Waals surface area contributed by atoms with Gasteiger partial charge in [0, 0.05) is 25.4 Å². The molecule has 0 fully saturated rings. The first-order chi connectivity index (χ1) is 7.79. The van der Waals surface area contributed by atoms with E-state index < -0.39 is 0 Å². The second kappa shape index (κ2) is 5.75. The molecule has 0 saturated heterocycles. The number of rotatable bonds is 4. The number of benzene rings is 1. The second-order valence-electron chi connectivity index (χ2n) is 3.17. The third-order valence-electron chi connectivity index (χ3n) is 2.06. The van der Waals surface area contributed by atoms with E-state index in [1.807, 2.05) is 18.2 Å². The van der Waals surface area contributed by atoms with Crippen molar-refractivity contribution in [2.45, 2.75) is 10.6 Å². The Labute approximate surface area is 112 Å². The molecule has 1 heterocycles. The third-order valence-corrected chi connectivity index (χ3v) is 5.04. The summed E-state index contributed by atoms with van der Waals surface area (Å²) in [5.74, 6) is 1.93. The van der Waals surface area contributed by atoms with E-state index in [0.29, 0.717) is 0 Å². The van der Waals surface area contributed by atoms with Crippen molar-refractivity contribution >= 4 is 39.0 Å². The van der Waals surface area contributed by atoms with E-state index in [9.17, 15) is 0 Å². The van der Waals surface area contributed by atoms with Gasteiger partial charge in [-0.1, -0.05) is 12.1 Å². The largest absolute Gasteiger partial charge is 0.496 e. The monoisotopic (exact) mass is 314 g/mol. The molecular formula is C12H11BrOS2. The van der Waals surface area contributed by atoms with Gasteiger partial charge in [-0.25, -0.2) is 0 Å². The summed E-state index contributed by atoms with van der Waals surface area (Å²) >= 11 is 7.04. The molecular weight excluding hydrogens is 304 g/mol. The SMILES string of the molecule is COc1ccccc1SCc1cc(Br)cs1. The van der Waals surface area contributed by atoms with Gasteiger partial charge in [0.15, 0.2) is 0 Å². The van der Waals surface area contributed by atoms with Crippen molar-refractivity contribution in [2.24, 2.45) is 0 Å². The van der Waals surface area contributed by atoms with E-state index in [-0.39, 0.29) is 0 Å². The summed E-state index contributed by atoms with van der Waals surface area (Å²) in [5.41, 5.74) is 0. The minimum atomic E-state index is 0.947. The molecule has 0 bridgehead atoms. The molecule has 2 rings (SSSR count). The number of ether oxygens (including phenoxy) is 1. The topological polar surface area (TPSA) is 9.23 Å². The average Bonchev–Trinajstić information content (AvgIpc) is 2.73. The van der Waals surface area contributed by atoms with Gasteiger partial charge in [0.05, 0.1) is 7.11 Å². The van der Waals surface area contributed by atoms with Crippen LogP contribution in [0, 0.1) is 0 Å². The van der Waals surface area contributed by atoms with Crippen molar-refractivity contribution in [3.8, 4) is 5.75 Å². The Morgan fingerprint density at radius 3 is 2.88 bits per heavy atom. The Balaban J connectivity index is 2.04. The zero-order valence-electron chi connectivity index (χ0n) is 8.77. The Bertz CT molecular complexity index is 468. The highest BCUT2D eigenvalue weighted by atomic mass is 79.9.